The number of benzene rings is 2. The number of para-hydroxylation sites is 1. The summed E-state index contributed by atoms with van der Waals surface area (Å²) >= 11 is 3.19. The van der Waals surface area contributed by atoms with Gasteiger partial charge in [-0.1, -0.05) is 24.3 Å². The fraction of sp³-hybridized carbons (Fsp3) is 0.250. The largest absolute Gasteiger partial charge is 0.494 e. The molecule has 4 heteroatoms. The van der Waals surface area contributed by atoms with Crippen molar-refractivity contribution in [3.05, 3.63) is 63.9 Å². The third-order valence-corrected chi connectivity index (χ3v) is 3.67. The van der Waals surface area contributed by atoms with Crippen LogP contribution in [0, 0.1) is 5.82 Å². The third kappa shape index (κ3) is 3.58. The van der Waals surface area contributed by atoms with Gasteiger partial charge in [0.25, 0.3) is 0 Å². The van der Waals surface area contributed by atoms with Gasteiger partial charge in [-0.15, -0.1) is 0 Å². The summed E-state index contributed by atoms with van der Waals surface area (Å²) in [5.74, 6) is 0.542. The molecule has 2 rings (SSSR count). The summed E-state index contributed by atoms with van der Waals surface area (Å²) in [5.41, 5.74) is 8.21. The predicted molar refractivity (Wildman–Crippen MR) is 82.3 cm³/mol. The maximum Gasteiger partial charge on any atom is 0.137 e. The van der Waals surface area contributed by atoms with Crippen LogP contribution in [0.5, 0.6) is 5.75 Å². The monoisotopic (exact) mass is 337 g/mol. The minimum Gasteiger partial charge on any atom is -0.494 e. The molecule has 0 aliphatic heterocycles. The van der Waals surface area contributed by atoms with E-state index >= 15 is 0 Å². The lowest BCUT2D eigenvalue weighted by Crippen LogP contribution is -2.15. The molecule has 2 aromatic rings. The fourth-order valence-electron chi connectivity index (χ4n) is 2.10. The first-order chi connectivity index (χ1) is 9.61. The van der Waals surface area contributed by atoms with Gasteiger partial charge >= 0.3 is 0 Å². The summed E-state index contributed by atoms with van der Waals surface area (Å²) < 4.78 is 19.3. The standard InChI is InChI=1S/C16H17BrFNO/c1-2-20-16-6-4-3-5-12(16)15(19)10-11-7-8-14(18)13(17)9-11/h3-9,15H,2,10,19H2,1H3. The summed E-state index contributed by atoms with van der Waals surface area (Å²) in [5, 5.41) is 0. The Balaban J connectivity index is 2.19. The lowest BCUT2D eigenvalue weighted by molar-refractivity contribution is 0.334. The molecule has 0 heterocycles. The molecule has 0 saturated carbocycles. The Bertz CT molecular complexity index is 588. The van der Waals surface area contributed by atoms with Crippen molar-refractivity contribution in [3.8, 4) is 5.75 Å². The zero-order chi connectivity index (χ0) is 14.5. The average molecular weight is 338 g/mol. The molecule has 0 fully saturated rings. The van der Waals surface area contributed by atoms with Crippen LogP contribution in [0.4, 0.5) is 4.39 Å². The normalized spacial score (nSPS) is 12.2. The van der Waals surface area contributed by atoms with Crippen molar-refractivity contribution in [1.29, 1.82) is 0 Å². The lowest BCUT2D eigenvalue weighted by atomic mass is 9.99. The third-order valence-electron chi connectivity index (χ3n) is 3.06. The Morgan fingerprint density at radius 2 is 2.00 bits per heavy atom. The van der Waals surface area contributed by atoms with Gasteiger partial charge in [0, 0.05) is 11.6 Å². The number of hydrogen-bond acceptors (Lipinski definition) is 2. The Kier molecular flexibility index (Phi) is 5.15. The second-order valence-corrected chi connectivity index (χ2v) is 5.38. The quantitative estimate of drug-likeness (QED) is 0.886. The van der Waals surface area contributed by atoms with E-state index < -0.39 is 0 Å². The Morgan fingerprint density at radius 1 is 1.25 bits per heavy atom. The van der Waals surface area contributed by atoms with E-state index in [1.54, 1.807) is 12.1 Å². The number of rotatable bonds is 5. The first-order valence-corrected chi connectivity index (χ1v) is 7.32. The van der Waals surface area contributed by atoms with Gasteiger partial charge in [-0.3, -0.25) is 0 Å². The van der Waals surface area contributed by atoms with Crippen LogP contribution in [0.1, 0.15) is 24.1 Å². The van der Waals surface area contributed by atoms with Crippen molar-refractivity contribution >= 4 is 15.9 Å². The number of hydrogen-bond donors (Lipinski definition) is 1. The second kappa shape index (κ2) is 6.86. The predicted octanol–water partition coefficient (Wildman–Crippen LogP) is 4.23. The Hall–Kier alpha value is -1.39. The molecule has 0 radical (unpaired) electrons. The highest BCUT2D eigenvalue weighted by atomic mass is 79.9. The first kappa shape index (κ1) is 15.0. The van der Waals surface area contributed by atoms with Gasteiger partial charge in [0.15, 0.2) is 0 Å². The topological polar surface area (TPSA) is 35.2 Å². The zero-order valence-electron chi connectivity index (χ0n) is 11.3. The summed E-state index contributed by atoms with van der Waals surface area (Å²) in [6.07, 6.45) is 0.628. The van der Waals surface area contributed by atoms with Crippen molar-refractivity contribution < 1.29 is 9.13 Å². The molecule has 2 nitrogen and oxygen atoms in total. The molecule has 20 heavy (non-hydrogen) atoms. The summed E-state index contributed by atoms with van der Waals surface area (Å²) in [6.45, 7) is 2.55. The van der Waals surface area contributed by atoms with E-state index in [4.69, 9.17) is 10.5 Å². The number of nitrogens with two attached hydrogens (primary N) is 1. The van der Waals surface area contributed by atoms with Crippen LogP contribution in [0.25, 0.3) is 0 Å². The van der Waals surface area contributed by atoms with E-state index in [-0.39, 0.29) is 11.9 Å². The van der Waals surface area contributed by atoms with Gasteiger partial charge in [0.1, 0.15) is 11.6 Å². The molecule has 0 aliphatic carbocycles. The van der Waals surface area contributed by atoms with Crippen molar-refractivity contribution in [2.45, 2.75) is 19.4 Å². The van der Waals surface area contributed by atoms with Gasteiger partial charge in [-0.2, -0.15) is 0 Å². The molecule has 0 aromatic heterocycles. The minimum atomic E-state index is -0.267. The van der Waals surface area contributed by atoms with E-state index in [2.05, 4.69) is 15.9 Å². The molecule has 1 unspecified atom stereocenters. The van der Waals surface area contributed by atoms with Crippen LogP contribution in [0.2, 0.25) is 0 Å². The van der Waals surface area contributed by atoms with E-state index in [9.17, 15) is 4.39 Å². The lowest BCUT2D eigenvalue weighted by Gasteiger charge is -2.16. The SMILES string of the molecule is CCOc1ccccc1C(N)Cc1ccc(F)c(Br)c1. The van der Waals surface area contributed by atoms with Crippen molar-refractivity contribution in [2.75, 3.05) is 6.61 Å². The van der Waals surface area contributed by atoms with Crippen molar-refractivity contribution in [3.63, 3.8) is 0 Å². The highest BCUT2D eigenvalue weighted by Crippen LogP contribution is 2.27. The highest BCUT2D eigenvalue weighted by molar-refractivity contribution is 9.10. The summed E-state index contributed by atoms with van der Waals surface area (Å²) in [7, 11) is 0. The van der Waals surface area contributed by atoms with Crippen LogP contribution in [-0.4, -0.2) is 6.61 Å². The van der Waals surface area contributed by atoms with Crippen LogP contribution < -0.4 is 10.5 Å². The molecule has 1 atom stereocenters. The molecular formula is C16H17BrFNO. The van der Waals surface area contributed by atoms with E-state index in [0.29, 0.717) is 17.5 Å². The Morgan fingerprint density at radius 3 is 2.70 bits per heavy atom. The second-order valence-electron chi connectivity index (χ2n) is 4.53. The summed E-state index contributed by atoms with van der Waals surface area (Å²) in [6, 6.07) is 12.5. The van der Waals surface area contributed by atoms with Crippen LogP contribution in [0.3, 0.4) is 0 Å². The number of ether oxygens (including phenoxy) is 1. The maximum atomic E-state index is 13.2. The van der Waals surface area contributed by atoms with Crippen molar-refractivity contribution in [1.82, 2.24) is 0 Å². The minimum absolute atomic E-state index is 0.185. The Labute approximate surface area is 126 Å². The van der Waals surface area contributed by atoms with Crippen LogP contribution in [-0.2, 0) is 6.42 Å². The van der Waals surface area contributed by atoms with Gasteiger partial charge < -0.3 is 10.5 Å². The van der Waals surface area contributed by atoms with Crippen molar-refractivity contribution in [2.24, 2.45) is 5.73 Å². The fourth-order valence-corrected chi connectivity index (χ4v) is 2.53. The zero-order valence-corrected chi connectivity index (χ0v) is 12.9. The highest BCUT2D eigenvalue weighted by Gasteiger charge is 2.13. The van der Waals surface area contributed by atoms with E-state index in [0.717, 1.165) is 16.9 Å². The molecular weight excluding hydrogens is 321 g/mol. The van der Waals surface area contributed by atoms with E-state index in [1.165, 1.54) is 6.07 Å². The smallest absolute Gasteiger partial charge is 0.137 e. The molecule has 106 valence electrons. The maximum absolute atomic E-state index is 13.2. The molecule has 0 bridgehead atoms. The number of halogens is 2. The summed E-state index contributed by atoms with van der Waals surface area (Å²) in [4.78, 5) is 0. The molecule has 0 aliphatic rings. The van der Waals surface area contributed by atoms with Crippen LogP contribution >= 0.6 is 15.9 Å². The van der Waals surface area contributed by atoms with E-state index in [1.807, 2.05) is 31.2 Å². The van der Waals surface area contributed by atoms with Gasteiger partial charge in [-0.25, -0.2) is 4.39 Å². The first-order valence-electron chi connectivity index (χ1n) is 6.53. The van der Waals surface area contributed by atoms with Gasteiger partial charge in [0.05, 0.1) is 11.1 Å². The molecule has 0 saturated heterocycles. The molecule has 0 spiro atoms. The molecule has 0 amide bonds. The molecule has 2 N–H and O–H groups in total. The van der Waals surface area contributed by atoms with Gasteiger partial charge in [0.2, 0.25) is 0 Å². The molecule has 2 aromatic carbocycles. The van der Waals surface area contributed by atoms with Gasteiger partial charge in [-0.05, 0) is 53.0 Å². The average Bonchev–Trinajstić information content (AvgIpc) is 2.44. The van der Waals surface area contributed by atoms with Crippen LogP contribution in [0.15, 0.2) is 46.9 Å².